The van der Waals surface area contributed by atoms with E-state index in [1.54, 1.807) is 75.5 Å². The molecule has 0 aliphatic carbocycles. The molecule has 5 rings (SSSR count). The van der Waals surface area contributed by atoms with Crippen molar-refractivity contribution in [3.63, 3.8) is 0 Å². The van der Waals surface area contributed by atoms with Crippen LogP contribution >= 0.6 is 0 Å². The van der Waals surface area contributed by atoms with Gasteiger partial charge in [0.1, 0.15) is 17.3 Å². The van der Waals surface area contributed by atoms with Crippen molar-refractivity contribution in [3.05, 3.63) is 89.4 Å². The topological polar surface area (TPSA) is 117 Å². The summed E-state index contributed by atoms with van der Waals surface area (Å²) in [6, 6.07) is 18.0. The molecule has 3 N–H and O–H groups in total. The van der Waals surface area contributed by atoms with Gasteiger partial charge in [-0.15, -0.1) is 0 Å². The van der Waals surface area contributed by atoms with E-state index in [2.05, 4.69) is 0 Å². The highest BCUT2D eigenvalue weighted by atomic mass is 19.1. The number of hydrogen-bond acceptors (Lipinski definition) is 6. The number of aromatic hydroxyl groups is 2. The standard InChI is InChI=1S/C32H30FN3O5/c1-17-9-10-21(14-25(17)37)29-28(30(31(39)40)41-32(3,4)5)18(2)34-27-16-24(35-36(27)29)20-8-6-7-19(13-20)23-12-11-22(33)15-26(23)38/h6-16,30,37-38H,1-5H3,(H,39,40). The van der Waals surface area contributed by atoms with Crippen molar-refractivity contribution in [2.24, 2.45) is 0 Å². The van der Waals surface area contributed by atoms with Gasteiger partial charge in [-0.05, 0) is 70.0 Å². The Morgan fingerprint density at radius 1 is 0.927 bits per heavy atom. The third kappa shape index (κ3) is 5.49. The van der Waals surface area contributed by atoms with Gasteiger partial charge >= 0.3 is 5.97 Å². The number of rotatable bonds is 6. The van der Waals surface area contributed by atoms with Gasteiger partial charge in [-0.25, -0.2) is 18.7 Å². The molecule has 0 fully saturated rings. The normalized spacial score (nSPS) is 12.5. The second-order valence-electron chi connectivity index (χ2n) is 11.0. The van der Waals surface area contributed by atoms with Crippen LogP contribution in [0.3, 0.4) is 0 Å². The molecule has 0 saturated carbocycles. The van der Waals surface area contributed by atoms with E-state index in [0.29, 0.717) is 56.1 Å². The number of carboxylic acids is 1. The molecule has 0 saturated heterocycles. The average molecular weight is 556 g/mol. The number of halogens is 1. The number of aryl methyl sites for hydroxylation is 2. The molecule has 1 atom stereocenters. The lowest BCUT2D eigenvalue weighted by molar-refractivity contribution is -0.160. The number of phenolic OH excluding ortho intramolecular Hbond substituents is 2. The third-order valence-electron chi connectivity index (χ3n) is 6.70. The van der Waals surface area contributed by atoms with Gasteiger partial charge in [-0.2, -0.15) is 5.10 Å². The molecule has 2 heterocycles. The minimum atomic E-state index is -1.36. The van der Waals surface area contributed by atoms with Gasteiger partial charge in [0, 0.05) is 40.1 Å². The van der Waals surface area contributed by atoms with E-state index in [0.717, 1.165) is 6.07 Å². The third-order valence-corrected chi connectivity index (χ3v) is 6.70. The number of carboxylic acid groups (broad SMARTS) is 1. The quantitative estimate of drug-likeness (QED) is 0.210. The number of hydrogen-bond donors (Lipinski definition) is 3. The highest BCUT2D eigenvalue weighted by Gasteiger charge is 2.33. The predicted octanol–water partition coefficient (Wildman–Crippen LogP) is 6.84. The lowest BCUT2D eigenvalue weighted by atomic mass is 9.98. The second kappa shape index (κ2) is 10.3. The van der Waals surface area contributed by atoms with Gasteiger partial charge < -0.3 is 20.1 Å². The van der Waals surface area contributed by atoms with Crippen molar-refractivity contribution in [2.75, 3.05) is 0 Å². The van der Waals surface area contributed by atoms with E-state index in [1.165, 1.54) is 12.1 Å². The first kappa shape index (κ1) is 27.8. The van der Waals surface area contributed by atoms with Crippen LogP contribution in [0.1, 0.15) is 43.7 Å². The maximum atomic E-state index is 13.6. The molecule has 2 aromatic heterocycles. The van der Waals surface area contributed by atoms with Gasteiger partial charge in [-0.3, -0.25) is 0 Å². The van der Waals surface area contributed by atoms with E-state index in [9.17, 15) is 24.5 Å². The zero-order valence-electron chi connectivity index (χ0n) is 23.3. The fourth-order valence-electron chi connectivity index (χ4n) is 4.80. The molecule has 3 aromatic carbocycles. The van der Waals surface area contributed by atoms with Crippen LogP contribution in [0.2, 0.25) is 0 Å². The first-order chi connectivity index (χ1) is 19.3. The van der Waals surface area contributed by atoms with Crippen LogP contribution < -0.4 is 0 Å². The van der Waals surface area contributed by atoms with Crippen molar-refractivity contribution < 1.29 is 29.2 Å². The van der Waals surface area contributed by atoms with Gasteiger partial charge in [0.2, 0.25) is 0 Å². The molecule has 0 bridgehead atoms. The van der Waals surface area contributed by atoms with Crippen molar-refractivity contribution in [3.8, 4) is 45.1 Å². The van der Waals surface area contributed by atoms with Crippen molar-refractivity contribution in [2.45, 2.75) is 46.3 Å². The Hall–Kier alpha value is -4.76. The molecule has 210 valence electrons. The number of carbonyl (C=O) groups is 1. The molecule has 0 radical (unpaired) electrons. The van der Waals surface area contributed by atoms with Crippen molar-refractivity contribution in [1.82, 2.24) is 14.6 Å². The molecular formula is C32H30FN3O5. The van der Waals surface area contributed by atoms with Crippen LogP contribution in [0.15, 0.2) is 66.7 Å². The van der Waals surface area contributed by atoms with Crippen molar-refractivity contribution in [1.29, 1.82) is 0 Å². The molecule has 0 aliphatic rings. The summed E-state index contributed by atoms with van der Waals surface area (Å²) in [5, 5.41) is 35.9. The van der Waals surface area contributed by atoms with Gasteiger partial charge in [-0.1, -0.05) is 30.3 Å². The number of aromatic nitrogens is 3. The fraction of sp³-hybridized carbons (Fsp3) is 0.219. The molecule has 1 unspecified atom stereocenters. The number of nitrogens with zero attached hydrogens (tertiary/aromatic N) is 3. The maximum Gasteiger partial charge on any atom is 0.337 e. The summed E-state index contributed by atoms with van der Waals surface area (Å²) in [6.07, 6.45) is -1.36. The van der Waals surface area contributed by atoms with E-state index >= 15 is 0 Å². The summed E-state index contributed by atoms with van der Waals surface area (Å²) in [4.78, 5) is 17.2. The Bertz CT molecular complexity index is 1810. The minimum absolute atomic E-state index is 0.0545. The smallest absolute Gasteiger partial charge is 0.337 e. The number of fused-ring (bicyclic) bond motifs is 1. The highest BCUT2D eigenvalue weighted by molar-refractivity contribution is 5.82. The largest absolute Gasteiger partial charge is 0.508 e. The first-order valence-corrected chi connectivity index (χ1v) is 13.0. The highest BCUT2D eigenvalue weighted by Crippen LogP contribution is 2.38. The first-order valence-electron chi connectivity index (χ1n) is 13.0. The van der Waals surface area contributed by atoms with Gasteiger partial charge in [0.25, 0.3) is 0 Å². The zero-order valence-corrected chi connectivity index (χ0v) is 23.3. The number of phenols is 2. The van der Waals surface area contributed by atoms with Crippen LogP contribution in [0.25, 0.3) is 39.3 Å². The lowest BCUT2D eigenvalue weighted by Crippen LogP contribution is -2.29. The van der Waals surface area contributed by atoms with Crippen LogP contribution in [-0.4, -0.2) is 41.5 Å². The molecule has 0 amide bonds. The molecule has 0 spiro atoms. The summed E-state index contributed by atoms with van der Waals surface area (Å²) in [6.45, 7) is 8.83. The summed E-state index contributed by atoms with van der Waals surface area (Å²) >= 11 is 0. The van der Waals surface area contributed by atoms with E-state index in [1.807, 2.05) is 12.1 Å². The Morgan fingerprint density at radius 2 is 1.66 bits per heavy atom. The van der Waals surface area contributed by atoms with E-state index in [4.69, 9.17) is 14.8 Å². The lowest BCUT2D eigenvalue weighted by Gasteiger charge is -2.27. The van der Waals surface area contributed by atoms with Gasteiger partial charge in [0.05, 0.1) is 17.0 Å². The predicted molar refractivity (Wildman–Crippen MR) is 153 cm³/mol. The summed E-state index contributed by atoms with van der Waals surface area (Å²) in [7, 11) is 0. The Labute approximate surface area is 236 Å². The summed E-state index contributed by atoms with van der Waals surface area (Å²) in [5.41, 5.74) is 4.46. The van der Waals surface area contributed by atoms with E-state index in [-0.39, 0.29) is 11.5 Å². The zero-order chi connectivity index (χ0) is 29.6. The number of aliphatic carboxylic acids is 1. The van der Waals surface area contributed by atoms with E-state index < -0.39 is 23.5 Å². The number of benzene rings is 3. The minimum Gasteiger partial charge on any atom is -0.508 e. The second-order valence-corrected chi connectivity index (χ2v) is 11.0. The SMILES string of the molecule is Cc1ccc(-c2c(C(OC(C)(C)C)C(=O)O)c(C)nc3cc(-c4cccc(-c5ccc(F)cc5O)c4)nn23)cc1O. The summed E-state index contributed by atoms with van der Waals surface area (Å²) in [5.74, 6) is -1.84. The molecule has 8 nitrogen and oxygen atoms in total. The van der Waals surface area contributed by atoms with Crippen LogP contribution in [-0.2, 0) is 9.53 Å². The fourth-order valence-corrected chi connectivity index (χ4v) is 4.80. The van der Waals surface area contributed by atoms with Gasteiger partial charge in [0.15, 0.2) is 11.8 Å². The molecule has 9 heteroatoms. The summed E-state index contributed by atoms with van der Waals surface area (Å²) < 4.78 is 21.1. The Morgan fingerprint density at radius 3 is 2.32 bits per heavy atom. The maximum absolute atomic E-state index is 13.6. The monoisotopic (exact) mass is 555 g/mol. The molecular weight excluding hydrogens is 525 g/mol. The Balaban J connectivity index is 1.75. The molecule has 41 heavy (non-hydrogen) atoms. The molecule has 0 aliphatic heterocycles. The van der Waals surface area contributed by atoms with Crippen LogP contribution in [0.5, 0.6) is 11.5 Å². The van der Waals surface area contributed by atoms with Crippen molar-refractivity contribution >= 4 is 11.6 Å². The van der Waals surface area contributed by atoms with Crippen LogP contribution in [0.4, 0.5) is 4.39 Å². The Kier molecular flexibility index (Phi) is 7.00. The number of ether oxygens (including phenoxy) is 1. The average Bonchev–Trinajstić information content (AvgIpc) is 3.31. The van der Waals surface area contributed by atoms with Crippen LogP contribution in [0, 0.1) is 19.7 Å². The molecule has 5 aromatic rings.